The van der Waals surface area contributed by atoms with Gasteiger partial charge in [0.05, 0.1) is 18.0 Å². The minimum absolute atomic E-state index is 0.135. The Balaban J connectivity index is 1.72. The number of thioether (sulfide) groups is 1. The van der Waals surface area contributed by atoms with Crippen molar-refractivity contribution in [2.45, 2.75) is 18.6 Å². The highest BCUT2D eigenvalue weighted by Gasteiger charge is 2.41. The third-order valence-electron chi connectivity index (χ3n) is 5.52. The van der Waals surface area contributed by atoms with Gasteiger partial charge in [0.1, 0.15) is 22.4 Å². The van der Waals surface area contributed by atoms with Crippen LogP contribution in [-0.4, -0.2) is 24.2 Å². The molecule has 0 radical (unpaired) electrons. The van der Waals surface area contributed by atoms with E-state index in [1.54, 1.807) is 31.4 Å². The van der Waals surface area contributed by atoms with Gasteiger partial charge < -0.3 is 10.1 Å². The summed E-state index contributed by atoms with van der Waals surface area (Å²) < 4.78 is 5.22. The number of aryl methyl sites for hydroxylation is 1. The lowest BCUT2D eigenvalue weighted by Gasteiger charge is -2.20. The molecular weight excluding hydrogens is 482 g/mol. The number of amides is 2. The van der Waals surface area contributed by atoms with Gasteiger partial charge in [0, 0.05) is 10.7 Å². The molecule has 1 heterocycles. The summed E-state index contributed by atoms with van der Waals surface area (Å²) in [5.41, 5.74) is 2.77. The van der Waals surface area contributed by atoms with Crippen LogP contribution in [0, 0.1) is 18.3 Å². The molecule has 0 spiro atoms. The summed E-state index contributed by atoms with van der Waals surface area (Å²) in [6.07, 6.45) is 0.438. The van der Waals surface area contributed by atoms with Crippen molar-refractivity contribution in [3.8, 4) is 11.8 Å². The first-order chi connectivity index (χ1) is 16.9. The van der Waals surface area contributed by atoms with Gasteiger partial charge in [-0.05, 0) is 60.9 Å². The molecule has 35 heavy (non-hydrogen) atoms. The third kappa shape index (κ3) is 5.35. The van der Waals surface area contributed by atoms with Crippen LogP contribution in [0.1, 0.15) is 11.1 Å². The lowest BCUT2D eigenvalue weighted by atomic mass is 10.1. The quantitative estimate of drug-likeness (QED) is 0.343. The number of hydrogen-bond acceptors (Lipinski definition) is 5. The number of nitrogens with one attached hydrogen (secondary N) is 1. The van der Waals surface area contributed by atoms with Crippen LogP contribution in [0.25, 0.3) is 0 Å². The van der Waals surface area contributed by atoms with Crippen molar-refractivity contribution in [2.24, 2.45) is 0 Å². The van der Waals surface area contributed by atoms with E-state index in [1.807, 2.05) is 61.5 Å². The molecule has 0 aromatic heterocycles. The lowest BCUT2D eigenvalue weighted by molar-refractivity contribution is -0.117. The summed E-state index contributed by atoms with van der Waals surface area (Å²) in [6, 6.07) is 23.6. The Kier molecular flexibility index (Phi) is 7.45. The number of carbonyl (C=O) groups excluding carboxylic acids is 2. The van der Waals surface area contributed by atoms with E-state index in [0.29, 0.717) is 27.8 Å². The molecule has 1 N–H and O–H groups in total. The zero-order valence-electron chi connectivity index (χ0n) is 19.1. The Bertz CT molecular complexity index is 1350. The van der Waals surface area contributed by atoms with E-state index < -0.39 is 11.2 Å². The molecule has 0 aliphatic carbocycles. The van der Waals surface area contributed by atoms with Crippen LogP contribution >= 0.6 is 23.4 Å². The van der Waals surface area contributed by atoms with Crippen molar-refractivity contribution in [3.05, 3.63) is 99.5 Å². The van der Waals surface area contributed by atoms with E-state index in [2.05, 4.69) is 5.32 Å². The van der Waals surface area contributed by atoms with Crippen molar-refractivity contribution in [1.29, 1.82) is 5.26 Å². The number of para-hydroxylation sites is 1. The van der Waals surface area contributed by atoms with Gasteiger partial charge in [0.2, 0.25) is 5.91 Å². The molecule has 1 atom stereocenters. The summed E-state index contributed by atoms with van der Waals surface area (Å²) in [5, 5.41) is 13.0. The predicted molar refractivity (Wildman–Crippen MR) is 139 cm³/mol. The maximum Gasteiger partial charge on any atom is 0.269 e. The molecule has 4 rings (SSSR count). The topological polar surface area (TPSA) is 82.4 Å². The first-order valence-corrected chi connectivity index (χ1v) is 12.1. The van der Waals surface area contributed by atoms with Crippen LogP contribution in [0.2, 0.25) is 5.02 Å². The number of methoxy groups -OCH3 is 1. The van der Waals surface area contributed by atoms with E-state index in [1.165, 1.54) is 16.7 Å². The number of nitrogens with zero attached hydrogens (tertiary/aromatic N) is 2. The molecule has 0 saturated carbocycles. The van der Waals surface area contributed by atoms with Gasteiger partial charge in [-0.25, -0.2) is 0 Å². The molecule has 3 aromatic rings. The smallest absolute Gasteiger partial charge is 0.269 e. The predicted octanol–water partition coefficient (Wildman–Crippen LogP) is 5.72. The number of ether oxygens (including phenoxy) is 1. The maximum atomic E-state index is 13.6. The summed E-state index contributed by atoms with van der Waals surface area (Å²) in [6.45, 7) is 1.89. The van der Waals surface area contributed by atoms with Gasteiger partial charge >= 0.3 is 0 Å². The van der Waals surface area contributed by atoms with Gasteiger partial charge in [-0.15, -0.1) is 0 Å². The second-order valence-corrected chi connectivity index (χ2v) is 9.50. The van der Waals surface area contributed by atoms with Crippen LogP contribution in [0.3, 0.4) is 0 Å². The highest BCUT2D eigenvalue weighted by Crippen LogP contribution is 2.43. The van der Waals surface area contributed by atoms with Crippen LogP contribution in [0.4, 0.5) is 11.4 Å². The summed E-state index contributed by atoms with van der Waals surface area (Å²) in [4.78, 5) is 28.3. The molecule has 6 nitrogen and oxygen atoms in total. The third-order valence-corrected chi connectivity index (χ3v) is 7.02. The van der Waals surface area contributed by atoms with Crippen molar-refractivity contribution < 1.29 is 14.3 Å². The molecule has 0 bridgehead atoms. The Morgan fingerprint density at radius 3 is 2.54 bits per heavy atom. The fourth-order valence-corrected chi connectivity index (χ4v) is 5.25. The second kappa shape index (κ2) is 10.7. The first-order valence-electron chi connectivity index (χ1n) is 10.8. The van der Waals surface area contributed by atoms with Crippen LogP contribution in [0.15, 0.2) is 83.4 Å². The Morgan fingerprint density at radius 1 is 1.14 bits per heavy atom. The van der Waals surface area contributed by atoms with Gasteiger partial charge in [-0.2, -0.15) is 5.26 Å². The zero-order chi connectivity index (χ0) is 24.9. The molecule has 8 heteroatoms. The number of benzene rings is 3. The molecule has 1 fully saturated rings. The second-order valence-electron chi connectivity index (χ2n) is 7.88. The largest absolute Gasteiger partial charge is 0.497 e. The minimum Gasteiger partial charge on any atom is -0.497 e. The standard InChI is InChI=1S/C27H22ClN3O3S/c1-17-6-3-4-9-23(17)31-26(33)24(14-18-10-12-21(34-2)13-11-18)35-27(31)22(16-29)25(32)30-20-8-5-7-19(28)15-20/h3-13,15,24H,14H2,1-2H3,(H,30,32)/b27-22-/t24-/m0/s1. The SMILES string of the molecule is COc1ccc(C[C@@H]2S/C(=C(/C#N)C(=O)Nc3cccc(Cl)c3)N(c3ccccc3C)C2=O)cc1. The molecule has 0 unspecified atom stereocenters. The minimum atomic E-state index is -0.603. The molecule has 3 aromatic carbocycles. The molecule has 2 amide bonds. The molecular formula is C27H22ClN3O3S. The van der Waals surface area contributed by atoms with E-state index in [0.717, 1.165) is 16.9 Å². The Morgan fingerprint density at radius 2 is 1.89 bits per heavy atom. The number of carbonyl (C=O) groups is 2. The summed E-state index contributed by atoms with van der Waals surface area (Å²) in [7, 11) is 1.60. The highest BCUT2D eigenvalue weighted by atomic mass is 35.5. The summed E-state index contributed by atoms with van der Waals surface area (Å²) >= 11 is 7.26. The zero-order valence-corrected chi connectivity index (χ0v) is 20.7. The number of rotatable bonds is 6. The van der Waals surface area contributed by atoms with Crippen LogP contribution in [-0.2, 0) is 16.0 Å². The lowest BCUT2D eigenvalue weighted by Crippen LogP contribution is -2.31. The van der Waals surface area contributed by atoms with Crippen LogP contribution < -0.4 is 15.0 Å². The average Bonchev–Trinajstić information content (AvgIpc) is 3.15. The molecule has 1 aliphatic heterocycles. The van der Waals surface area contributed by atoms with Crippen molar-refractivity contribution in [3.63, 3.8) is 0 Å². The number of anilines is 2. The number of hydrogen-bond donors (Lipinski definition) is 1. The fourth-order valence-electron chi connectivity index (χ4n) is 3.76. The van der Waals surface area contributed by atoms with Crippen LogP contribution in [0.5, 0.6) is 5.75 Å². The number of halogens is 1. The average molecular weight is 504 g/mol. The van der Waals surface area contributed by atoms with E-state index in [4.69, 9.17) is 16.3 Å². The number of nitriles is 1. The summed E-state index contributed by atoms with van der Waals surface area (Å²) in [5.74, 6) is -0.0575. The van der Waals surface area contributed by atoms with Gasteiger partial charge in [-0.3, -0.25) is 14.5 Å². The normalized spacial score (nSPS) is 16.6. The molecule has 1 saturated heterocycles. The fraction of sp³-hybridized carbons (Fsp3) is 0.148. The van der Waals surface area contributed by atoms with Gasteiger partial charge in [0.25, 0.3) is 5.91 Å². The first kappa shape index (κ1) is 24.4. The van der Waals surface area contributed by atoms with E-state index >= 15 is 0 Å². The molecule has 1 aliphatic rings. The van der Waals surface area contributed by atoms with Crippen molar-refractivity contribution >= 4 is 46.6 Å². The van der Waals surface area contributed by atoms with E-state index in [9.17, 15) is 14.9 Å². The Hall–Kier alpha value is -3.73. The van der Waals surface area contributed by atoms with E-state index in [-0.39, 0.29) is 11.5 Å². The maximum absolute atomic E-state index is 13.6. The van der Waals surface area contributed by atoms with Gasteiger partial charge in [0.15, 0.2) is 0 Å². The molecule has 176 valence electrons. The monoisotopic (exact) mass is 503 g/mol. The van der Waals surface area contributed by atoms with Gasteiger partial charge in [-0.1, -0.05) is 59.8 Å². The van der Waals surface area contributed by atoms with Crippen molar-refractivity contribution in [2.75, 3.05) is 17.3 Å². The van der Waals surface area contributed by atoms with Crippen molar-refractivity contribution in [1.82, 2.24) is 0 Å². The Labute approximate surface area is 213 Å². The highest BCUT2D eigenvalue weighted by molar-refractivity contribution is 8.05.